The molecule has 0 radical (unpaired) electrons. The molecule has 0 saturated carbocycles. The third kappa shape index (κ3) is 16.4. The molecule has 702 valence electrons. The van der Waals surface area contributed by atoms with Crippen LogP contribution in [0.2, 0.25) is 0 Å². The maximum atomic E-state index is 6.34. The molecule has 12 heteroatoms. The Hall–Kier alpha value is -20.3. The van der Waals surface area contributed by atoms with Crippen LogP contribution in [0.25, 0.3) is 300 Å². The SMILES string of the molecule is c1ccc(-c2cc(-c3cc(-c4ccc5c(c4)oc4ccccc45)cc(-c4ccc5c(c4)oc4ccccc45)c3)nc(-c3ccccc3)n2)cc1.c1ccc(-c2cc(-c3cc(-c4ccc5oc6ccccc6c5c4)cc(-c4ccc5oc6ccccc6c5c4)c3)nc(-c3ccccc3)n2)cc1.c1ccc(-c2cc(-c3cc(-c4cccc5oc6ccccc6c45)cc(-c4cccc5oc6ccccc6c45)c3)nc(-c3ccccc3)n2)cc1. The fraction of sp³-hybridized carbons (Fsp3) is 0. The van der Waals surface area contributed by atoms with E-state index in [-0.39, 0.29) is 0 Å². The monoisotopic (exact) mass is 1920 g/mol. The minimum Gasteiger partial charge on any atom is -0.456 e. The Morgan fingerprint density at radius 3 is 0.647 bits per heavy atom. The summed E-state index contributed by atoms with van der Waals surface area (Å²) in [4.78, 5) is 30.7. The molecule has 0 fully saturated rings. The van der Waals surface area contributed by atoms with Crippen molar-refractivity contribution in [3.63, 3.8) is 0 Å². The Balaban J connectivity index is 0.000000108. The Labute approximate surface area is 860 Å². The number of rotatable bonds is 15. The first-order valence-electron chi connectivity index (χ1n) is 50.2. The van der Waals surface area contributed by atoms with Gasteiger partial charge < -0.3 is 26.5 Å². The lowest BCUT2D eigenvalue weighted by Gasteiger charge is -2.14. The van der Waals surface area contributed by atoms with E-state index >= 15 is 0 Å². The molecule has 9 aromatic heterocycles. The van der Waals surface area contributed by atoms with Gasteiger partial charge in [-0.2, -0.15) is 0 Å². The van der Waals surface area contributed by atoms with Crippen molar-refractivity contribution in [1.29, 1.82) is 0 Å². The minimum atomic E-state index is 0.680. The number of para-hydroxylation sites is 6. The normalized spacial score (nSPS) is 11.6. The van der Waals surface area contributed by atoms with Gasteiger partial charge in [0.25, 0.3) is 0 Å². The molecule has 30 rings (SSSR count). The van der Waals surface area contributed by atoms with Crippen LogP contribution in [0.15, 0.2) is 536 Å². The van der Waals surface area contributed by atoms with Crippen molar-refractivity contribution in [2.24, 2.45) is 0 Å². The molecule has 150 heavy (non-hydrogen) atoms. The summed E-state index contributed by atoms with van der Waals surface area (Å²) in [5, 5.41) is 13.2. The van der Waals surface area contributed by atoms with E-state index in [2.05, 4.69) is 315 Å². The summed E-state index contributed by atoms with van der Waals surface area (Å²) in [5.41, 5.74) is 37.6. The van der Waals surface area contributed by atoms with Gasteiger partial charge >= 0.3 is 0 Å². The third-order valence-corrected chi connectivity index (χ3v) is 28.4. The molecule has 21 aromatic carbocycles. The van der Waals surface area contributed by atoms with Crippen LogP contribution in [0.5, 0.6) is 0 Å². The molecule has 0 aliphatic carbocycles. The van der Waals surface area contributed by atoms with E-state index in [1.165, 1.54) is 0 Å². The summed E-state index contributed by atoms with van der Waals surface area (Å²) in [7, 11) is 0. The van der Waals surface area contributed by atoms with E-state index in [1.54, 1.807) is 0 Å². The summed E-state index contributed by atoms with van der Waals surface area (Å²) >= 11 is 0. The van der Waals surface area contributed by atoms with Crippen molar-refractivity contribution >= 4 is 132 Å². The number of nitrogens with zero attached hydrogens (tertiary/aromatic N) is 6. The van der Waals surface area contributed by atoms with Crippen LogP contribution >= 0.6 is 0 Å². The number of aromatic nitrogens is 6. The average molecular weight is 1920 g/mol. The number of benzene rings is 21. The maximum absolute atomic E-state index is 6.34. The van der Waals surface area contributed by atoms with Gasteiger partial charge in [0.15, 0.2) is 17.5 Å². The summed E-state index contributed by atoms with van der Waals surface area (Å²) < 4.78 is 37.7. The summed E-state index contributed by atoms with van der Waals surface area (Å²) in [6, 6.07) is 176. The highest BCUT2D eigenvalue weighted by Gasteiger charge is 2.25. The summed E-state index contributed by atoms with van der Waals surface area (Å²) in [6.45, 7) is 0. The molecule has 0 aliphatic rings. The Morgan fingerprint density at radius 2 is 0.320 bits per heavy atom. The summed E-state index contributed by atoms with van der Waals surface area (Å²) in [6.07, 6.45) is 0. The molecule has 9 heterocycles. The number of fused-ring (bicyclic) bond motifs is 18. The average Bonchev–Trinajstić information content (AvgIpc) is 1.36. The second-order valence-corrected chi connectivity index (χ2v) is 37.8. The van der Waals surface area contributed by atoms with Gasteiger partial charge in [0.2, 0.25) is 0 Å². The lowest BCUT2D eigenvalue weighted by atomic mass is 9.91. The Kier molecular flexibility index (Phi) is 21.6. The maximum Gasteiger partial charge on any atom is 0.160 e. The van der Waals surface area contributed by atoms with E-state index in [0.29, 0.717) is 17.5 Å². The molecule has 0 atom stereocenters. The number of hydrogen-bond donors (Lipinski definition) is 0. The topological polar surface area (TPSA) is 156 Å². The largest absolute Gasteiger partial charge is 0.456 e. The van der Waals surface area contributed by atoms with Crippen molar-refractivity contribution in [1.82, 2.24) is 29.9 Å². The van der Waals surface area contributed by atoms with Gasteiger partial charge in [0.05, 0.1) is 34.2 Å². The molecule has 30 aromatic rings. The van der Waals surface area contributed by atoms with Gasteiger partial charge in [-0.15, -0.1) is 0 Å². The van der Waals surface area contributed by atoms with E-state index in [9.17, 15) is 0 Å². The van der Waals surface area contributed by atoms with Gasteiger partial charge in [-0.1, -0.05) is 340 Å². The van der Waals surface area contributed by atoms with Crippen LogP contribution in [0.4, 0.5) is 0 Å². The second kappa shape index (κ2) is 37.1. The van der Waals surface area contributed by atoms with Crippen LogP contribution in [0.3, 0.4) is 0 Å². The zero-order valence-electron chi connectivity index (χ0n) is 80.6. The molecule has 0 amide bonds. The van der Waals surface area contributed by atoms with Crippen molar-refractivity contribution in [2.45, 2.75) is 0 Å². The zero-order valence-corrected chi connectivity index (χ0v) is 80.6. The quantitative estimate of drug-likeness (QED) is 0.0959. The van der Waals surface area contributed by atoms with Crippen molar-refractivity contribution in [3.05, 3.63) is 510 Å². The van der Waals surface area contributed by atoms with Crippen LogP contribution in [-0.2, 0) is 0 Å². The molecular weight excluding hydrogens is 1840 g/mol. The van der Waals surface area contributed by atoms with Crippen LogP contribution in [0.1, 0.15) is 0 Å². The van der Waals surface area contributed by atoms with Gasteiger partial charge in [-0.3, -0.25) is 0 Å². The number of hydrogen-bond acceptors (Lipinski definition) is 12. The van der Waals surface area contributed by atoms with Gasteiger partial charge in [0, 0.05) is 115 Å². The van der Waals surface area contributed by atoms with Gasteiger partial charge in [-0.25, -0.2) is 29.9 Å². The standard InChI is InChI=1S/3C46H28N2O2/c1-3-13-29(14-4-1)38-28-39(48-46(47-38)30-15-5-2-6-16-30)33-26-31(34-19-11-23-42-44(34)36-17-7-9-21-40(36)49-42)25-32(27-33)35-20-12-24-43-45(35)37-18-8-10-22-41(37)50-43;1-3-11-29(12-4-1)40-28-41(48-46(47-40)30-13-5-2-6-14-30)35-24-33(31-19-21-44-38(26-31)36-15-7-9-17-42(36)49-44)23-34(25-35)32-20-22-45-39(27-32)37-16-8-10-18-43(37)50-45;1-3-11-29(12-4-1)40-28-41(48-46(47-40)30-13-5-2-6-14-30)35-24-33(31-19-21-38-36-15-7-9-17-42(36)49-44(38)26-31)23-34(25-35)32-20-22-39-37-16-8-10-18-43(37)50-45(39)27-32/h3*1-28H. The molecule has 0 unspecified atom stereocenters. The molecule has 0 saturated heterocycles. The lowest BCUT2D eigenvalue weighted by molar-refractivity contribution is 0.668. The Bertz CT molecular complexity index is 9920. The highest BCUT2D eigenvalue weighted by atomic mass is 16.3. The zero-order chi connectivity index (χ0) is 99.1. The molecule has 0 bridgehead atoms. The smallest absolute Gasteiger partial charge is 0.160 e. The van der Waals surface area contributed by atoms with E-state index < -0.39 is 0 Å². The summed E-state index contributed by atoms with van der Waals surface area (Å²) in [5.74, 6) is 2.05. The first-order chi connectivity index (χ1) is 74.2. The predicted molar refractivity (Wildman–Crippen MR) is 611 cm³/mol. The first-order valence-corrected chi connectivity index (χ1v) is 50.2. The Morgan fingerprint density at radius 1 is 0.107 bits per heavy atom. The highest BCUT2D eigenvalue weighted by Crippen LogP contribution is 2.48. The highest BCUT2D eigenvalue weighted by molar-refractivity contribution is 6.17. The molecule has 0 aliphatic heterocycles. The van der Waals surface area contributed by atoms with Crippen molar-refractivity contribution in [2.75, 3.05) is 0 Å². The molecular formula is C138H84N6O6. The molecule has 0 spiro atoms. The van der Waals surface area contributed by atoms with Crippen LogP contribution in [0, 0.1) is 0 Å². The fourth-order valence-electron chi connectivity index (χ4n) is 21.2. The van der Waals surface area contributed by atoms with Crippen molar-refractivity contribution in [3.8, 4) is 168 Å². The van der Waals surface area contributed by atoms with Crippen LogP contribution < -0.4 is 0 Å². The second-order valence-electron chi connectivity index (χ2n) is 37.8. The number of furan rings is 6. The van der Waals surface area contributed by atoms with E-state index in [1.807, 2.05) is 194 Å². The first kappa shape index (κ1) is 87.5. The van der Waals surface area contributed by atoms with Crippen LogP contribution in [-0.4, -0.2) is 29.9 Å². The van der Waals surface area contributed by atoms with Gasteiger partial charge in [0.1, 0.15) is 67.0 Å². The fourth-order valence-corrected chi connectivity index (χ4v) is 21.2. The van der Waals surface area contributed by atoms with Crippen molar-refractivity contribution < 1.29 is 26.5 Å². The molecule has 12 nitrogen and oxygen atoms in total. The third-order valence-electron chi connectivity index (χ3n) is 28.4. The van der Waals surface area contributed by atoms with Gasteiger partial charge in [-0.05, 0) is 237 Å². The lowest BCUT2D eigenvalue weighted by Crippen LogP contribution is -1.96. The van der Waals surface area contributed by atoms with E-state index in [0.717, 1.165) is 283 Å². The van der Waals surface area contributed by atoms with E-state index in [4.69, 9.17) is 56.4 Å². The molecule has 0 N–H and O–H groups in total. The predicted octanol–water partition coefficient (Wildman–Crippen LogP) is 37.8. The minimum absolute atomic E-state index is 0.680.